The van der Waals surface area contributed by atoms with Crippen LogP contribution >= 0.6 is 0 Å². The first-order valence-electron chi connectivity index (χ1n) is 5.74. The summed E-state index contributed by atoms with van der Waals surface area (Å²) in [6.07, 6.45) is 0. The molecule has 0 unspecified atom stereocenters. The normalized spacial score (nSPS) is 12.5. The number of esters is 1. The molecule has 0 amide bonds. The molecule has 0 spiro atoms. The molecule has 8 nitrogen and oxygen atoms in total. The van der Waals surface area contributed by atoms with Crippen LogP contribution in [0.3, 0.4) is 0 Å². The summed E-state index contributed by atoms with van der Waals surface area (Å²) in [5.74, 6) is -1.98. The van der Waals surface area contributed by atoms with Crippen molar-refractivity contribution in [2.75, 3.05) is 14.2 Å². The lowest BCUT2D eigenvalue weighted by molar-refractivity contribution is -0.138. The van der Waals surface area contributed by atoms with Crippen molar-refractivity contribution in [1.29, 1.82) is 0 Å². The number of sulfonamides is 1. The van der Waals surface area contributed by atoms with Crippen molar-refractivity contribution in [1.82, 2.24) is 4.72 Å². The average Bonchev–Trinajstić information content (AvgIpc) is 2.45. The molecule has 21 heavy (non-hydrogen) atoms. The van der Waals surface area contributed by atoms with E-state index in [9.17, 15) is 18.0 Å². The number of hydrogen-bond donors (Lipinski definition) is 2. The van der Waals surface area contributed by atoms with Crippen molar-refractivity contribution in [2.45, 2.75) is 17.9 Å². The molecule has 1 atom stereocenters. The number of nitrogens with one attached hydrogen (secondary N) is 1. The van der Waals surface area contributed by atoms with E-state index in [2.05, 4.69) is 4.74 Å². The van der Waals surface area contributed by atoms with Crippen LogP contribution in [-0.4, -0.2) is 45.7 Å². The summed E-state index contributed by atoms with van der Waals surface area (Å²) in [5.41, 5.74) is 0.0604. The number of methoxy groups -OCH3 is 2. The molecule has 1 aromatic carbocycles. The largest absolute Gasteiger partial charge is 0.496 e. The Balaban J connectivity index is 3.20. The van der Waals surface area contributed by atoms with Gasteiger partial charge < -0.3 is 14.6 Å². The molecule has 0 heterocycles. The number of carboxylic acid groups (broad SMARTS) is 1. The molecular formula is C12H15NO7S. The molecule has 0 aliphatic rings. The van der Waals surface area contributed by atoms with Gasteiger partial charge in [0.1, 0.15) is 17.4 Å². The highest BCUT2D eigenvalue weighted by Crippen LogP contribution is 2.23. The third-order valence-electron chi connectivity index (χ3n) is 2.59. The molecule has 1 aromatic rings. The van der Waals surface area contributed by atoms with E-state index >= 15 is 0 Å². The van der Waals surface area contributed by atoms with Gasteiger partial charge >= 0.3 is 11.9 Å². The van der Waals surface area contributed by atoms with Gasteiger partial charge in [-0.05, 0) is 19.1 Å². The second-order valence-corrected chi connectivity index (χ2v) is 5.75. The van der Waals surface area contributed by atoms with Gasteiger partial charge in [0.2, 0.25) is 10.0 Å². The fraction of sp³-hybridized carbons (Fsp3) is 0.333. The van der Waals surface area contributed by atoms with E-state index in [4.69, 9.17) is 9.84 Å². The molecular weight excluding hydrogens is 302 g/mol. The highest BCUT2D eigenvalue weighted by atomic mass is 32.2. The Morgan fingerprint density at radius 2 is 1.90 bits per heavy atom. The molecule has 1 rings (SSSR count). The number of carboxylic acids is 1. The molecule has 0 radical (unpaired) electrons. The minimum absolute atomic E-state index is 0.00713. The predicted octanol–water partition coefficient (Wildman–Crippen LogP) is 0.233. The van der Waals surface area contributed by atoms with Gasteiger partial charge in [-0.15, -0.1) is 0 Å². The van der Waals surface area contributed by atoms with Gasteiger partial charge in [-0.25, -0.2) is 13.2 Å². The van der Waals surface area contributed by atoms with E-state index < -0.39 is 28.0 Å². The van der Waals surface area contributed by atoms with Gasteiger partial charge in [0.15, 0.2) is 0 Å². The second-order valence-electron chi connectivity index (χ2n) is 4.03. The zero-order valence-corrected chi connectivity index (χ0v) is 12.4. The molecule has 0 bridgehead atoms. The minimum atomic E-state index is -4.05. The summed E-state index contributed by atoms with van der Waals surface area (Å²) < 4.78 is 35.5. The van der Waals surface area contributed by atoms with Gasteiger partial charge in [-0.2, -0.15) is 4.72 Å². The first-order chi connectivity index (χ1) is 9.72. The maximum atomic E-state index is 12.0. The van der Waals surface area contributed by atoms with Gasteiger partial charge in [0.05, 0.1) is 19.1 Å². The highest BCUT2D eigenvalue weighted by molar-refractivity contribution is 7.89. The third-order valence-corrected chi connectivity index (χ3v) is 4.13. The molecule has 0 saturated heterocycles. The topological polar surface area (TPSA) is 119 Å². The molecule has 9 heteroatoms. The van der Waals surface area contributed by atoms with Crippen molar-refractivity contribution in [3.05, 3.63) is 23.8 Å². The maximum absolute atomic E-state index is 12.0. The van der Waals surface area contributed by atoms with E-state index in [1.54, 1.807) is 0 Å². The Hall–Kier alpha value is -2.13. The van der Waals surface area contributed by atoms with Crippen LogP contribution in [0, 0.1) is 0 Å². The lowest BCUT2D eigenvalue weighted by atomic mass is 10.2. The number of ether oxygens (including phenoxy) is 2. The van der Waals surface area contributed by atoms with Crippen molar-refractivity contribution >= 4 is 22.0 Å². The third kappa shape index (κ3) is 3.92. The van der Waals surface area contributed by atoms with E-state index in [1.165, 1.54) is 27.2 Å². The maximum Gasteiger partial charge on any atom is 0.341 e. The van der Waals surface area contributed by atoms with Gasteiger partial charge in [0, 0.05) is 6.07 Å². The lowest BCUT2D eigenvalue weighted by Gasteiger charge is -2.12. The zero-order valence-electron chi connectivity index (χ0n) is 11.6. The summed E-state index contributed by atoms with van der Waals surface area (Å²) in [5, 5.41) is 8.73. The SMILES string of the molecule is COC(=O)c1ccc(S(=O)(=O)N[C@@H](C)C(=O)O)cc1OC. The lowest BCUT2D eigenvalue weighted by Crippen LogP contribution is -2.38. The Kier molecular flexibility index (Phi) is 5.28. The van der Waals surface area contributed by atoms with Crippen LogP contribution in [0.15, 0.2) is 23.1 Å². The van der Waals surface area contributed by atoms with Crippen LogP contribution < -0.4 is 9.46 Å². The monoisotopic (exact) mass is 317 g/mol. The first-order valence-corrected chi connectivity index (χ1v) is 7.22. The molecule has 0 fully saturated rings. The van der Waals surface area contributed by atoms with Crippen molar-refractivity contribution in [3.8, 4) is 5.75 Å². The van der Waals surface area contributed by atoms with Crippen molar-refractivity contribution in [2.24, 2.45) is 0 Å². The Morgan fingerprint density at radius 1 is 1.29 bits per heavy atom. The van der Waals surface area contributed by atoms with Crippen LogP contribution in [-0.2, 0) is 19.6 Å². The van der Waals surface area contributed by atoms with Gasteiger partial charge in [-0.1, -0.05) is 0 Å². The summed E-state index contributed by atoms with van der Waals surface area (Å²) in [6, 6.07) is 2.21. The molecule has 116 valence electrons. The van der Waals surface area contributed by atoms with Crippen LogP contribution in [0.1, 0.15) is 17.3 Å². The van der Waals surface area contributed by atoms with Crippen LogP contribution in [0.2, 0.25) is 0 Å². The number of carbonyl (C=O) groups excluding carboxylic acids is 1. The van der Waals surface area contributed by atoms with E-state index in [0.717, 1.165) is 12.1 Å². The quantitative estimate of drug-likeness (QED) is 0.721. The smallest absolute Gasteiger partial charge is 0.341 e. The Labute approximate surface area is 121 Å². The van der Waals surface area contributed by atoms with E-state index in [0.29, 0.717) is 0 Å². The highest BCUT2D eigenvalue weighted by Gasteiger charge is 2.23. The van der Waals surface area contributed by atoms with Gasteiger partial charge in [0.25, 0.3) is 0 Å². The molecule has 0 saturated carbocycles. The second kappa shape index (κ2) is 6.55. The van der Waals surface area contributed by atoms with E-state index in [1.807, 2.05) is 4.72 Å². The average molecular weight is 317 g/mol. The van der Waals surface area contributed by atoms with Crippen molar-refractivity contribution in [3.63, 3.8) is 0 Å². The van der Waals surface area contributed by atoms with Gasteiger partial charge in [-0.3, -0.25) is 4.79 Å². The number of benzene rings is 1. The van der Waals surface area contributed by atoms with Crippen LogP contribution in [0.25, 0.3) is 0 Å². The molecule has 0 aromatic heterocycles. The molecule has 2 N–H and O–H groups in total. The number of rotatable bonds is 6. The number of aliphatic carboxylic acids is 1. The molecule has 0 aliphatic heterocycles. The fourth-order valence-corrected chi connectivity index (χ4v) is 2.68. The minimum Gasteiger partial charge on any atom is -0.496 e. The predicted molar refractivity (Wildman–Crippen MR) is 71.8 cm³/mol. The summed E-state index contributed by atoms with van der Waals surface area (Å²) in [6.45, 7) is 1.19. The number of carbonyl (C=O) groups is 2. The summed E-state index contributed by atoms with van der Waals surface area (Å²) in [4.78, 5) is 22.0. The van der Waals surface area contributed by atoms with Crippen molar-refractivity contribution < 1.29 is 32.6 Å². The number of hydrogen-bond acceptors (Lipinski definition) is 6. The van der Waals surface area contributed by atoms with Crippen LogP contribution in [0.4, 0.5) is 0 Å². The first kappa shape index (κ1) is 16.9. The fourth-order valence-electron chi connectivity index (χ4n) is 1.47. The van der Waals surface area contributed by atoms with E-state index in [-0.39, 0.29) is 16.2 Å². The molecule has 0 aliphatic carbocycles. The van der Waals surface area contributed by atoms with Crippen LogP contribution in [0.5, 0.6) is 5.75 Å². The summed E-state index contributed by atoms with van der Waals surface area (Å²) in [7, 11) is -1.60. The summed E-state index contributed by atoms with van der Waals surface area (Å²) >= 11 is 0. The standard InChI is InChI=1S/C12H15NO7S/c1-7(11(14)15)13-21(17,18)8-4-5-9(12(16)20-3)10(6-8)19-2/h4-7,13H,1-3H3,(H,14,15)/t7-/m0/s1. The Bertz CT molecular complexity index is 654. The Morgan fingerprint density at radius 3 is 2.38 bits per heavy atom. The zero-order chi connectivity index (χ0) is 16.2.